The van der Waals surface area contributed by atoms with Crippen molar-refractivity contribution in [2.24, 2.45) is 0 Å². The van der Waals surface area contributed by atoms with Crippen LogP contribution >= 0.6 is 0 Å². The van der Waals surface area contributed by atoms with Gasteiger partial charge >= 0.3 is 0 Å². The van der Waals surface area contributed by atoms with Crippen molar-refractivity contribution in [2.45, 2.75) is 44.9 Å². The van der Waals surface area contributed by atoms with Crippen LogP contribution in [0, 0.1) is 13.8 Å². The molecule has 2 aromatic rings. The van der Waals surface area contributed by atoms with Gasteiger partial charge in [0, 0.05) is 56.2 Å². The number of hydrogen-bond acceptors (Lipinski definition) is 5. The lowest BCUT2D eigenvalue weighted by Crippen LogP contribution is -2.46. The molecule has 4 rings (SSSR count). The molecule has 0 aromatic heterocycles. The number of anilines is 2. The van der Waals surface area contributed by atoms with Crippen LogP contribution in [0.1, 0.15) is 47.7 Å². The number of rotatable bonds is 6. The van der Waals surface area contributed by atoms with Crippen molar-refractivity contribution in [3.63, 3.8) is 0 Å². The van der Waals surface area contributed by atoms with Crippen molar-refractivity contribution >= 4 is 27.3 Å². The normalized spacial score (nSPS) is 18.1. The average Bonchev–Trinajstić information content (AvgIpc) is 2.85. The second-order valence-corrected chi connectivity index (χ2v) is 11.3. The summed E-state index contributed by atoms with van der Waals surface area (Å²) in [7, 11) is -3.59. The molecule has 8 heteroatoms. The summed E-state index contributed by atoms with van der Waals surface area (Å²) in [6.07, 6.45) is 2.81. The zero-order valence-corrected chi connectivity index (χ0v) is 21.3. The van der Waals surface area contributed by atoms with E-state index in [0.29, 0.717) is 24.3 Å². The number of likely N-dealkylation sites (N-methyl/N-ethyl adjacent to an activating group) is 1. The van der Waals surface area contributed by atoms with E-state index in [0.717, 1.165) is 63.1 Å². The van der Waals surface area contributed by atoms with Crippen LogP contribution in [-0.4, -0.2) is 69.3 Å². The summed E-state index contributed by atoms with van der Waals surface area (Å²) in [6.45, 7) is 12.4. The molecule has 7 nitrogen and oxygen atoms in total. The summed E-state index contributed by atoms with van der Waals surface area (Å²) >= 11 is 0. The molecule has 0 unspecified atom stereocenters. The topological polar surface area (TPSA) is 73.0 Å². The molecule has 0 spiro atoms. The van der Waals surface area contributed by atoms with Gasteiger partial charge in [0.25, 0.3) is 5.91 Å². The Labute approximate surface area is 203 Å². The Kier molecular flexibility index (Phi) is 7.60. The number of sulfonamides is 1. The maximum Gasteiger partial charge on any atom is 0.255 e. The fourth-order valence-corrected chi connectivity index (χ4v) is 6.40. The molecule has 2 aromatic carbocycles. The monoisotopic (exact) mass is 484 g/mol. The quantitative estimate of drug-likeness (QED) is 0.674. The number of nitrogens with one attached hydrogen (secondary N) is 1. The van der Waals surface area contributed by atoms with E-state index in [-0.39, 0.29) is 10.8 Å². The highest BCUT2D eigenvalue weighted by Gasteiger charge is 2.27. The van der Waals surface area contributed by atoms with Crippen LogP contribution in [0.2, 0.25) is 0 Å². The third-order valence-electron chi connectivity index (χ3n) is 7.02. The van der Waals surface area contributed by atoms with E-state index >= 15 is 0 Å². The summed E-state index contributed by atoms with van der Waals surface area (Å²) < 4.78 is 27.7. The van der Waals surface area contributed by atoms with Crippen LogP contribution in [0.5, 0.6) is 0 Å². The molecule has 2 heterocycles. The fraction of sp³-hybridized carbons (Fsp3) is 0.500. The largest absolute Gasteiger partial charge is 0.369 e. The standard InChI is InChI=1S/C26H36N4O3S/c1-4-28-14-16-29(17-15-28)25-11-9-22(18-21(25)3)27-26(31)24-19-23(10-8-20(24)2)34(32,33)30-12-6-5-7-13-30/h8-11,18-19H,4-7,12-17H2,1-3H3,(H,27,31). The maximum atomic E-state index is 13.1. The molecule has 1 N–H and O–H groups in total. The third kappa shape index (κ3) is 5.29. The predicted octanol–water partition coefficient (Wildman–Crippen LogP) is 3.87. The molecule has 0 atom stereocenters. The molecule has 2 fully saturated rings. The summed E-state index contributed by atoms with van der Waals surface area (Å²) in [6, 6.07) is 10.8. The van der Waals surface area contributed by atoms with Crippen LogP contribution in [-0.2, 0) is 10.0 Å². The molecule has 2 saturated heterocycles. The third-order valence-corrected chi connectivity index (χ3v) is 8.92. The Morgan fingerprint density at radius 1 is 0.882 bits per heavy atom. The van der Waals surface area contributed by atoms with Gasteiger partial charge < -0.3 is 15.1 Å². The Balaban J connectivity index is 1.49. The first-order valence-corrected chi connectivity index (χ1v) is 13.7. The lowest BCUT2D eigenvalue weighted by atomic mass is 10.1. The lowest BCUT2D eigenvalue weighted by Gasteiger charge is -2.36. The van der Waals surface area contributed by atoms with Gasteiger partial charge in [-0.3, -0.25) is 4.79 Å². The molecule has 1 amide bonds. The molecular weight excluding hydrogens is 448 g/mol. The Morgan fingerprint density at radius 2 is 1.59 bits per heavy atom. The zero-order chi connectivity index (χ0) is 24.3. The van der Waals surface area contributed by atoms with Gasteiger partial charge in [-0.05, 0) is 74.7 Å². The SMILES string of the molecule is CCN1CCN(c2ccc(NC(=O)c3cc(S(=O)(=O)N4CCCCC4)ccc3C)cc2C)CC1. The average molecular weight is 485 g/mol. The summed E-state index contributed by atoms with van der Waals surface area (Å²) in [5.74, 6) is -0.295. The minimum Gasteiger partial charge on any atom is -0.369 e. The minimum absolute atomic E-state index is 0.183. The van der Waals surface area contributed by atoms with E-state index < -0.39 is 10.0 Å². The van der Waals surface area contributed by atoms with E-state index in [9.17, 15) is 13.2 Å². The van der Waals surface area contributed by atoms with Crippen LogP contribution in [0.3, 0.4) is 0 Å². The molecule has 2 aliphatic heterocycles. The molecule has 0 aliphatic carbocycles. The molecule has 2 aliphatic rings. The molecular formula is C26H36N4O3S. The Bertz CT molecular complexity index is 1130. The highest BCUT2D eigenvalue weighted by atomic mass is 32.2. The number of piperidine rings is 1. The van der Waals surface area contributed by atoms with Crippen molar-refractivity contribution < 1.29 is 13.2 Å². The highest BCUT2D eigenvalue weighted by Crippen LogP contribution is 2.27. The number of carbonyl (C=O) groups is 1. The summed E-state index contributed by atoms with van der Waals surface area (Å²) in [4.78, 5) is 18.1. The fourth-order valence-electron chi connectivity index (χ4n) is 4.85. The van der Waals surface area contributed by atoms with Gasteiger partial charge in [-0.1, -0.05) is 19.4 Å². The number of piperazine rings is 1. The summed E-state index contributed by atoms with van der Waals surface area (Å²) in [5.41, 5.74) is 4.15. The molecule has 0 saturated carbocycles. The second-order valence-electron chi connectivity index (χ2n) is 9.32. The molecule has 184 valence electrons. The number of amides is 1. The minimum atomic E-state index is -3.59. The van der Waals surface area contributed by atoms with Crippen molar-refractivity contribution in [1.29, 1.82) is 0 Å². The van der Waals surface area contributed by atoms with Gasteiger partial charge in [-0.25, -0.2) is 8.42 Å². The summed E-state index contributed by atoms with van der Waals surface area (Å²) in [5, 5.41) is 2.97. The van der Waals surface area contributed by atoms with Crippen molar-refractivity contribution in [2.75, 3.05) is 56.0 Å². The first-order chi connectivity index (χ1) is 16.3. The van der Waals surface area contributed by atoms with Gasteiger partial charge in [0.2, 0.25) is 10.0 Å². The highest BCUT2D eigenvalue weighted by molar-refractivity contribution is 7.89. The Hall–Kier alpha value is -2.42. The molecule has 34 heavy (non-hydrogen) atoms. The van der Waals surface area contributed by atoms with Crippen LogP contribution in [0.15, 0.2) is 41.3 Å². The van der Waals surface area contributed by atoms with E-state index in [1.165, 1.54) is 16.1 Å². The number of nitrogens with zero attached hydrogens (tertiary/aromatic N) is 3. The zero-order valence-electron chi connectivity index (χ0n) is 20.5. The number of benzene rings is 2. The number of aryl methyl sites for hydroxylation is 2. The van der Waals surface area contributed by atoms with Crippen LogP contribution < -0.4 is 10.2 Å². The molecule has 0 bridgehead atoms. The first kappa shape index (κ1) is 24.7. The number of carbonyl (C=O) groups excluding carboxylic acids is 1. The first-order valence-electron chi connectivity index (χ1n) is 12.3. The van der Waals surface area contributed by atoms with Gasteiger partial charge in [0.15, 0.2) is 0 Å². The van der Waals surface area contributed by atoms with E-state index in [1.54, 1.807) is 12.1 Å². The van der Waals surface area contributed by atoms with Crippen LogP contribution in [0.4, 0.5) is 11.4 Å². The van der Waals surface area contributed by atoms with Gasteiger partial charge in [0.05, 0.1) is 4.90 Å². The van der Waals surface area contributed by atoms with E-state index in [4.69, 9.17) is 0 Å². The van der Waals surface area contributed by atoms with Crippen LogP contribution in [0.25, 0.3) is 0 Å². The van der Waals surface area contributed by atoms with E-state index in [2.05, 4.69) is 35.0 Å². The van der Waals surface area contributed by atoms with Crippen molar-refractivity contribution in [3.05, 3.63) is 53.1 Å². The maximum absolute atomic E-state index is 13.1. The Morgan fingerprint density at radius 3 is 2.24 bits per heavy atom. The van der Waals surface area contributed by atoms with Gasteiger partial charge in [-0.15, -0.1) is 0 Å². The smallest absolute Gasteiger partial charge is 0.255 e. The van der Waals surface area contributed by atoms with E-state index in [1.807, 2.05) is 19.1 Å². The van der Waals surface area contributed by atoms with Crippen molar-refractivity contribution in [1.82, 2.24) is 9.21 Å². The lowest BCUT2D eigenvalue weighted by molar-refractivity contribution is 0.102. The molecule has 0 radical (unpaired) electrons. The van der Waals surface area contributed by atoms with Gasteiger partial charge in [-0.2, -0.15) is 4.31 Å². The van der Waals surface area contributed by atoms with Gasteiger partial charge in [0.1, 0.15) is 0 Å². The second kappa shape index (κ2) is 10.5. The number of hydrogen-bond donors (Lipinski definition) is 1. The predicted molar refractivity (Wildman–Crippen MR) is 137 cm³/mol. The van der Waals surface area contributed by atoms with Crippen molar-refractivity contribution in [3.8, 4) is 0 Å².